The molecule has 0 spiro atoms. The molecular formula is C19H15N3O5. The Balaban J connectivity index is 1.59. The van der Waals surface area contributed by atoms with E-state index in [1.165, 1.54) is 18.3 Å². The third kappa shape index (κ3) is 3.32. The van der Waals surface area contributed by atoms with E-state index in [2.05, 4.69) is 15.5 Å². The van der Waals surface area contributed by atoms with Crippen molar-refractivity contribution in [1.29, 1.82) is 0 Å². The molecular weight excluding hydrogens is 350 g/mol. The summed E-state index contributed by atoms with van der Waals surface area (Å²) in [6.45, 7) is 0.929. The Bertz CT molecular complexity index is 1120. The van der Waals surface area contributed by atoms with Crippen molar-refractivity contribution in [1.82, 2.24) is 10.4 Å². The first-order valence-corrected chi connectivity index (χ1v) is 8.20. The van der Waals surface area contributed by atoms with Crippen LogP contribution < -0.4 is 20.5 Å². The average Bonchev–Trinajstić information content (AvgIpc) is 2.67. The molecule has 8 heteroatoms. The average molecular weight is 365 g/mol. The van der Waals surface area contributed by atoms with E-state index in [0.29, 0.717) is 30.2 Å². The molecule has 27 heavy (non-hydrogen) atoms. The van der Waals surface area contributed by atoms with Gasteiger partial charge in [-0.1, -0.05) is 12.1 Å². The molecule has 0 saturated heterocycles. The Morgan fingerprint density at radius 2 is 1.89 bits per heavy atom. The van der Waals surface area contributed by atoms with Crippen LogP contribution >= 0.6 is 0 Å². The number of fused-ring (bicyclic) bond motifs is 2. The molecule has 0 fully saturated rings. The summed E-state index contributed by atoms with van der Waals surface area (Å²) in [5.41, 5.74) is 2.89. The van der Waals surface area contributed by atoms with Gasteiger partial charge in [0.2, 0.25) is 0 Å². The van der Waals surface area contributed by atoms with Crippen molar-refractivity contribution in [2.75, 3.05) is 13.2 Å². The van der Waals surface area contributed by atoms with Gasteiger partial charge in [0.1, 0.15) is 19.0 Å². The van der Waals surface area contributed by atoms with E-state index in [1.807, 2.05) is 0 Å². The van der Waals surface area contributed by atoms with Crippen molar-refractivity contribution >= 4 is 23.0 Å². The fourth-order valence-corrected chi connectivity index (χ4v) is 2.74. The van der Waals surface area contributed by atoms with Crippen LogP contribution in [0.15, 0.2) is 52.4 Å². The van der Waals surface area contributed by atoms with Gasteiger partial charge in [0.05, 0.1) is 22.9 Å². The van der Waals surface area contributed by atoms with Crippen molar-refractivity contribution in [2.45, 2.75) is 0 Å². The normalized spacial score (nSPS) is 13.0. The second-order valence-corrected chi connectivity index (χ2v) is 5.85. The predicted molar refractivity (Wildman–Crippen MR) is 98.7 cm³/mol. The SMILES string of the molecule is O=C(N/N=C/c1cc2cc3c(cc2[nH]c1=O)OCCO3)c1ccccc1O. The van der Waals surface area contributed by atoms with Crippen molar-refractivity contribution in [3.8, 4) is 17.2 Å². The van der Waals surface area contributed by atoms with Gasteiger partial charge in [-0.05, 0) is 24.3 Å². The molecule has 2 heterocycles. The second kappa shape index (κ2) is 6.83. The molecule has 3 N–H and O–H groups in total. The first-order valence-electron chi connectivity index (χ1n) is 8.20. The number of hydrazone groups is 1. The Morgan fingerprint density at radius 1 is 1.15 bits per heavy atom. The molecule has 136 valence electrons. The lowest BCUT2D eigenvalue weighted by atomic mass is 10.1. The largest absolute Gasteiger partial charge is 0.507 e. The second-order valence-electron chi connectivity index (χ2n) is 5.85. The summed E-state index contributed by atoms with van der Waals surface area (Å²) in [5.74, 6) is 0.458. The number of ether oxygens (including phenoxy) is 2. The number of aromatic hydroxyl groups is 1. The highest BCUT2D eigenvalue weighted by atomic mass is 16.6. The van der Waals surface area contributed by atoms with Gasteiger partial charge in [-0.3, -0.25) is 9.59 Å². The third-order valence-corrected chi connectivity index (χ3v) is 4.05. The van der Waals surface area contributed by atoms with Crippen LogP contribution in [0.2, 0.25) is 0 Å². The number of hydrogen-bond donors (Lipinski definition) is 3. The van der Waals surface area contributed by atoms with Gasteiger partial charge < -0.3 is 19.6 Å². The van der Waals surface area contributed by atoms with Crippen LogP contribution in [0.5, 0.6) is 17.2 Å². The smallest absolute Gasteiger partial charge is 0.275 e. The predicted octanol–water partition coefficient (Wildman–Crippen LogP) is 1.77. The monoisotopic (exact) mass is 365 g/mol. The number of aromatic nitrogens is 1. The van der Waals surface area contributed by atoms with Gasteiger partial charge in [0, 0.05) is 11.5 Å². The maximum absolute atomic E-state index is 12.2. The molecule has 0 unspecified atom stereocenters. The Hall–Kier alpha value is -3.81. The summed E-state index contributed by atoms with van der Waals surface area (Å²) in [4.78, 5) is 27.0. The molecule has 2 aromatic carbocycles. The number of nitrogens with one attached hydrogen (secondary N) is 2. The van der Waals surface area contributed by atoms with Gasteiger partial charge in [-0.15, -0.1) is 0 Å². The number of nitrogens with zero attached hydrogens (tertiary/aromatic N) is 1. The van der Waals surface area contributed by atoms with Crippen molar-refractivity contribution < 1.29 is 19.4 Å². The summed E-state index contributed by atoms with van der Waals surface area (Å²) in [6.07, 6.45) is 1.24. The molecule has 0 bridgehead atoms. The lowest BCUT2D eigenvalue weighted by molar-refractivity contribution is 0.0952. The maximum atomic E-state index is 12.2. The van der Waals surface area contributed by atoms with Gasteiger partial charge in [-0.25, -0.2) is 5.43 Å². The minimum Gasteiger partial charge on any atom is -0.507 e. The number of pyridine rings is 1. The molecule has 3 aromatic rings. The first kappa shape index (κ1) is 16.6. The van der Waals surface area contributed by atoms with Crippen LogP contribution in [-0.2, 0) is 0 Å². The van der Waals surface area contributed by atoms with E-state index >= 15 is 0 Å². The highest BCUT2D eigenvalue weighted by Gasteiger charge is 2.14. The number of phenolic OH excluding ortho intramolecular Hbond substituents is 1. The van der Waals surface area contributed by atoms with Crippen LogP contribution in [0.1, 0.15) is 15.9 Å². The van der Waals surface area contributed by atoms with Crippen LogP contribution in [0.3, 0.4) is 0 Å². The summed E-state index contributed by atoms with van der Waals surface area (Å²) >= 11 is 0. The number of benzene rings is 2. The summed E-state index contributed by atoms with van der Waals surface area (Å²) < 4.78 is 11.0. The minimum absolute atomic E-state index is 0.0887. The number of carbonyl (C=O) groups excluding carboxylic acids is 1. The van der Waals surface area contributed by atoms with Gasteiger partial charge in [0.25, 0.3) is 11.5 Å². The number of amides is 1. The van der Waals surface area contributed by atoms with Crippen molar-refractivity contribution in [2.24, 2.45) is 5.10 Å². The van der Waals surface area contributed by atoms with Gasteiger partial charge in [-0.2, -0.15) is 5.10 Å². The topological polar surface area (TPSA) is 113 Å². The van der Waals surface area contributed by atoms with Crippen LogP contribution in [0, 0.1) is 0 Å². The number of aromatic amines is 1. The lowest BCUT2D eigenvalue weighted by Gasteiger charge is -2.18. The zero-order valence-corrected chi connectivity index (χ0v) is 14.1. The zero-order valence-electron chi connectivity index (χ0n) is 14.1. The highest BCUT2D eigenvalue weighted by molar-refractivity contribution is 5.97. The number of carbonyl (C=O) groups is 1. The standard InChI is InChI=1S/C19H15N3O5/c23-15-4-2-1-3-13(15)19(25)22-20-10-12-7-11-8-16-17(27-6-5-26-16)9-14(11)21-18(12)24/h1-4,7-10,23H,5-6H2,(H,21,24)(H,22,25)/b20-10+. The first-order chi connectivity index (χ1) is 13.1. The summed E-state index contributed by atoms with van der Waals surface area (Å²) in [7, 11) is 0. The number of hydrogen-bond acceptors (Lipinski definition) is 6. The van der Waals surface area contributed by atoms with Crippen molar-refractivity contribution in [3.05, 3.63) is 63.9 Å². The number of phenols is 1. The van der Waals surface area contributed by atoms with E-state index in [9.17, 15) is 14.7 Å². The molecule has 1 aliphatic rings. The zero-order chi connectivity index (χ0) is 18.8. The quantitative estimate of drug-likeness (QED) is 0.484. The molecule has 8 nitrogen and oxygen atoms in total. The number of para-hydroxylation sites is 1. The fraction of sp³-hybridized carbons (Fsp3) is 0.105. The van der Waals surface area contributed by atoms with Crippen LogP contribution in [-0.4, -0.2) is 35.4 Å². The number of rotatable bonds is 3. The van der Waals surface area contributed by atoms with Crippen LogP contribution in [0.4, 0.5) is 0 Å². The van der Waals surface area contributed by atoms with Crippen LogP contribution in [0.25, 0.3) is 10.9 Å². The van der Waals surface area contributed by atoms with Gasteiger partial charge >= 0.3 is 0 Å². The van der Waals surface area contributed by atoms with Gasteiger partial charge in [0.15, 0.2) is 11.5 Å². The molecule has 0 atom stereocenters. The van der Waals surface area contributed by atoms with E-state index < -0.39 is 5.91 Å². The molecule has 1 aliphatic heterocycles. The lowest BCUT2D eigenvalue weighted by Crippen LogP contribution is -2.19. The van der Waals surface area contributed by atoms with E-state index in [-0.39, 0.29) is 22.4 Å². The maximum Gasteiger partial charge on any atom is 0.275 e. The molecule has 0 aliphatic carbocycles. The van der Waals surface area contributed by atoms with E-state index in [1.54, 1.807) is 30.3 Å². The summed E-state index contributed by atoms with van der Waals surface area (Å²) in [5, 5.41) is 14.2. The number of H-pyrrole nitrogens is 1. The molecule has 0 radical (unpaired) electrons. The van der Waals surface area contributed by atoms with E-state index in [0.717, 1.165) is 5.39 Å². The Labute approximate surface area is 153 Å². The molecule has 0 saturated carbocycles. The Morgan fingerprint density at radius 3 is 2.67 bits per heavy atom. The summed E-state index contributed by atoms with van der Waals surface area (Å²) in [6, 6.07) is 11.2. The Kier molecular flexibility index (Phi) is 4.21. The molecule has 4 rings (SSSR count). The molecule has 1 amide bonds. The van der Waals surface area contributed by atoms with E-state index in [4.69, 9.17) is 9.47 Å². The highest BCUT2D eigenvalue weighted by Crippen LogP contribution is 2.33. The third-order valence-electron chi connectivity index (χ3n) is 4.05. The fourth-order valence-electron chi connectivity index (χ4n) is 2.74. The van der Waals surface area contributed by atoms with Crippen molar-refractivity contribution in [3.63, 3.8) is 0 Å². The minimum atomic E-state index is -0.582. The molecule has 1 aromatic heterocycles.